The van der Waals surface area contributed by atoms with Crippen LogP contribution in [0, 0.1) is 0 Å². The Morgan fingerprint density at radius 2 is 1.37 bits per heavy atom. The molecule has 0 amide bonds. The summed E-state index contributed by atoms with van der Waals surface area (Å²) in [6.07, 6.45) is 0.754. The first-order valence-corrected chi connectivity index (χ1v) is 11.1. The summed E-state index contributed by atoms with van der Waals surface area (Å²) in [5.41, 5.74) is 5.00. The van der Waals surface area contributed by atoms with Crippen LogP contribution in [0.4, 0.5) is 5.69 Å². The maximum atomic E-state index is 12.6. The lowest BCUT2D eigenvalue weighted by atomic mass is 10.1. The molecule has 4 rings (SSSR count). The number of nitrogens with one attached hydrogen (secondary N) is 1. The van der Waals surface area contributed by atoms with Crippen molar-refractivity contribution in [3.8, 4) is 11.1 Å². The number of hydrogen-bond acceptors (Lipinski definition) is 4. The van der Waals surface area contributed by atoms with Crippen molar-refractivity contribution in [1.82, 2.24) is 0 Å². The highest BCUT2D eigenvalue weighted by atomic mass is 32.2. The summed E-state index contributed by atoms with van der Waals surface area (Å²) in [4.78, 5) is -0.185. The Morgan fingerprint density at radius 3 is 2.07 bits per heavy atom. The number of hydrogen-bond donors (Lipinski definition) is 2. The fraction of sp³-hybridized carbons (Fsp3) is 0.0526. The van der Waals surface area contributed by atoms with Crippen LogP contribution in [0.2, 0.25) is 0 Å². The van der Waals surface area contributed by atoms with E-state index in [-0.39, 0.29) is 9.79 Å². The first-order valence-electron chi connectivity index (χ1n) is 8.11. The molecular weight excluding hydrogens is 384 g/mol. The number of fused-ring (bicyclic) bond motifs is 3. The predicted molar refractivity (Wildman–Crippen MR) is 103 cm³/mol. The lowest BCUT2D eigenvalue weighted by Crippen LogP contribution is -2.15. The van der Waals surface area contributed by atoms with E-state index >= 15 is 0 Å². The summed E-state index contributed by atoms with van der Waals surface area (Å²) < 4.78 is 50.3. The van der Waals surface area contributed by atoms with Gasteiger partial charge in [0.05, 0.1) is 9.79 Å². The van der Waals surface area contributed by atoms with E-state index in [1.807, 2.05) is 24.3 Å². The van der Waals surface area contributed by atoms with Crippen LogP contribution < -0.4 is 9.86 Å². The van der Waals surface area contributed by atoms with Gasteiger partial charge in [0.1, 0.15) is 0 Å². The number of sulfonamides is 2. The van der Waals surface area contributed by atoms with Crippen molar-refractivity contribution < 1.29 is 16.8 Å². The van der Waals surface area contributed by atoms with E-state index in [0.717, 1.165) is 17.5 Å². The minimum Gasteiger partial charge on any atom is -0.280 e. The lowest BCUT2D eigenvalue weighted by Gasteiger charge is -2.10. The summed E-state index contributed by atoms with van der Waals surface area (Å²) in [5.74, 6) is 0. The number of rotatable bonds is 4. The van der Waals surface area contributed by atoms with Gasteiger partial charge < -0.3 is 0 Å². The molecule has 1 aliphatic carbocycles. The molecule has 3 aromatic rings. The fourth-order valence-corrected chi connectivity index (χ4v) is 4.80. The van der Waals surface area contributed by atoms with E-state index in [2.05, 4.69) is 16.9 Å². The number of benzene rings is 3. The fourth-order valence-electron chi connectivity index (χ4n) is 3.23. The normalized spacial score (nSPS) is 13.1. The zero-order valence-corrected chi connectivity index (χ0v) is 15.7. The maximum Gasteiger partial charge on any atom is 0.261 e. The van der Waals surface area contributed by atoms with Crippen LogP contribution in [-0.2, 0) is 26.5 Å². The second-order valence-electron chi connectivity index (χ2n) is 6.33. The number of anilines is 1. The molecule has 0 spiro atoms. The molecule has 0 saturated heterocycles. The first kappa shape index (κ1) is 17.7. The molecule has 0 saturated carbocycles. The van der Waals surface area contributed by atoms with Crippen LogP contribution in [0.1, 0.15) is 11.1 Å². The molecule has 0 aromatic heterocycles. The summed E-state index contributed by atoms with van der Waals surface area (Å²) in [5, 5.41) is 5.03. The monoisotopic (exact) mass is 400 g/mol. The van der Waals surface area contributed by atoms with Crippen molar-refractivity contribution in [2.24, 2.45) is 5.14 Å². The van der Waals surface area contributed by atoms with Gasteiger partial charge in [0, 0.05) is 5.69 Å². The van der Waals surface area contributed by atoms with Gasteiger partial charge in [0.2, 0.25) is 10.0 Å². The Kier molecular flexibility index (Phi) is 4.06. The van der Waals surface area contributed by atoms with E-state index in [9.17, 15) is 16.8 Å². The zero-order valence-electron chi connectivity index (χ0n) is 14.1. The zero-order chi connectivity index (χ0) is 19.2. The van der Waals surface area contributed by atoms with Gasteiger partial charge in [-0.05, 0) is 65.1 Å². The van der Waals surface area contributed by atoms with Crippen molar-refractivity contribution in [2.45, 2.75) is 16.2 Å². The average Bonchev–Trinajstić information content (AvgIpc) is 2.98. The van der Waals surface area contributed by atoms with Gasteiger partial charge in [-0.15, -0.1) is 0 Å². The molecule has 0 radical (unpaired) electrons. The summed E-state index contributed by atoms with van der Waals surface area (Å²) in [7, 11) is -7.72. The minimum atomic E-state index is -3.87. The van der Waals surface area contributed by atoms with Gasteiger partial charge in [0.15, 0.2) is 0 Å². The van der Waals surface area contributed by atoms with Crippen molar-refractivity contribution in [1.29, 1.82) is 0 Å². The molecule has 0 unspecified atom stereocenters. The average molecular weight is 400 g/mol. The molecule has 6 nitrogen and oxygen atoms in total. The number of primary sulfonamides is 1. The molecule has 138 valence electrons. The Balaban J connectivity index is 1.62. The quantitative estimate of drug-likeness (QED) is 0.549. The third kappa shape index (κ3) is 3.34. The second kappa shape index (κ2) is 6.19. The van der Waals surface area contributed by atoms with Gasteiger partial charge in [-0.1, -0.05) is 30.3 Å². The Bertz CT molecular complexity index is 1250. The molecule has 27 heavy (non-hydrogen) atoms. The van der Waals surface area contributed by atoms with E-state index in [4.69, 9.17) is 5.14 Å². The molecule has 0 aliphatic heterocycles. The van der Waals surface area contributed by atoms with Gasteiger partial charge >= 0.3 is 0 Å². The van der Waals surface area contributed by atoms with Gasteiger partial charge in [-0.25, -0.2) is 22.0 Å². The molecule has 8 heteroatoms. The highest BCUT2D eigenvalue weighted by molar-refractivity contribution is 7.92. The molecule has 3 N–H and O–H groups in total. The molecular formula is C19H16N2O4S2. The van der Waals surface area contributed by atoms with Crippen LogP contribution in [0.5, 0.6) is 0 Å². The minimum absolute atomic E-state index is 0.0429. The Labute approximate surface area is 157 Å². The maximum absolute atomic E-state index is 12.6. The smallest absolute Gasteiger partial charge is 0.261 e. The highest BCUT2D eigenvalue weighted by Gasteiger charge is 2.20. The van der Waals surface area contributed by atoms with Crippen molar-refractivity contribution in [2.75, 3.05) is 4.72 Å². The van der Waals surface area contributed by atoms with Crippen LogP contribution in [-0.4, -0.2) is 16.8 Å². The van der Waals surface area contributed by atoms with Crippen molar-refractivity contribution >= 4 is 25.7 Å². The standard InChI is InChI=1S/C19H16N2O4S2/c20-26(22,23)16-6-8-17(9-7-16)27(24,25)21-15-5-10-19-14(12-15)11-13-3-1-2-4-18(13)19/h1-10,12,21H,11H2,(H2,20,22,23). The highest BCUT2D eigenvalue weighted by Crippen LogP contribution is 2.37. The van der Waals surface area contributed by atoms with Crippen molar-refractivity contribution in [3.63, 3.8) is 0 Å². The van der Waals surface area contributed by atoms with Crippen molar-refractivity contribution in [3.05, 3.63) is 77.9 Å². The van der Waals surface area contributed by atoms with Gasteiger partial charge in [-0.3, -0.25) is 4.72 Å². The first-order chi connectivity index (χ1) is 12.7. The molecule has 3 aromatic carbocycles. The molecule has 0 bridgehead atoms. The largest absolute Gasteiger partial charge is 0.280 e. The Morgan fingerprint density at radius 1 is 0.741 bits per heavy atom. The lowest BCUT2D eigenvalue weighted by molar-refractivity contribution is 0.595. The van der Waals surface area contributed by atoms with E-state index in [1.54, 1.807) is 6.07 Å². The second-order valence-corrected chi connectivity index (χ2v) is 9.57. The topological polar surface area (TPSA) is 106 Å². The third-order valence-electron chi connectivity index (χ3n) is 4.51. The molecule has 0 fully saturated rings. The Hall–Kier alpha value is -2.68. The summed E-state index contributed by atoms with van der Waals surface area (Å²) in [6, 6.07) is 18.3. The van der Waals surface area contributed by atoms with Crippen LogP contribution in [0.25, 0.3) is 11.1 Å². The predicted octanol–water partition coefficient (Wildman–Crippen LogP) is 2.71. The molecule has 0 heterocycles. The molecule has 0 atom stereocenters. The van der Waals surface area contributed by atoms with E-state index < -0.39 is 20.0 Å². The molecule has 1 aliphatic rings. The van der Waals surface area contributed by atoms with Crippen LogP contribution >= 0.6 is 0 Å². The number of nitrogens with two attached hydrogens (primary N) is 1. The summed E-state index contributed by atoms with van der Waals surface area (Å²) >= 11 is 0. The van der Waals surface area contributed by atoms with Gasteiger partial charge in [-0.2, -0.15) is 0 Å². The van der Waals surface area contributed by atoms with Gasteiger partial charge in [0.25, 0.3) is 10.0 Å². The van der Waals surface area contributed by atoms with E-state index in [0.29, 0.717) is 5.69 Å². The third-order valence-corrected chi connectivity index (χ3v) is 6.83. The van der Waals surface area contributed by atoms with Crippen LogP contribution in [0.15, 0.2) is 76.5 Å². The SMILES string of the molecule is NS(=O)(=O)c1ccc(S(=O)(=O)Nc2ccc3c(c2)Cc2ccccc2-3)cc1. The van der Waals surface area contributed by atoms with Crippen LogP contribution in [0.3, 0.4) is 0 Å². The van der Waals surface area contributed by atoms with E-state index in [1.165, 1.54) is 35.4 Å². The summed E-state index contributed by atoms with van der Waals surface area (Å²) in [6.45, 7) is 0.